The van der Waals surface area contributed by atoms with Gasteiger partial charge in [0.25, 0.3) is 0 Å². The van der Waals surface area contributed by atoms with Crippen LogP contribution in [0.3, 0.4) is 0 Å². The Balaban J connectivity index is 2.87. The van der Waals surface area contributed by atoms with E-state index in [4.69, 9.17) is 5.11 Å². The fourth-order valence-corrected chi connectivity index (χ4v) is 1.79. The van der Waals surface area contributed by atoms with E-state index in [1.807, 2.05) is 0 Å². The van der Waals surface area contributed by atoms with Crippen LogP contribution in [-0.4, -0.2) is 41.7 Å². The number of hydrogen-bond donors (Lipinski definition) is 3. The molecular formula is C9H12N4O6S. The van der Waals surface area contributed by atoms with Gasteiger partial charge >= 0.3 is 22.3 Å². The second-order valence-corrected chi connectivity index (χ2v) is 5.14. The molecule has 110 valence electrons. The molecule has 3 N–H and O–H groups in total. The van der Waals surface area contributed by atoms with E-state index in [2.05, 4.69) is 14.7 Å². The van der Waals surface area contributed by atoms with Crippen LogP contribution in [0.2, 0.25) is 0 Å². The molecule has 0 fully saturated rings. The molecule has 1 heterocycles. The second kappa shape index (κ2) is 6.14. The molecule has 10 nitrogen and oxygen atoms in total. The van der Waals surface area contributed by atoms with Gasteiger partial charge in [-0.3, -0.25) is 0 Å². The maximum atomic E-state index is 11.6. The number of ether oxygens (including phenoxy) is 1. The number of nitrogens with one attached hydrogen (secondary N) is 2. The van der Waals surface area contributed by atoms with Crippen LogP contribution in [0, 0.1) is 0 Å². The number of anilines is 1. The van der Waals surface area contributed by atoms with Gasteiger partial charge < -0.3 is 9.84 Å². The Bertz CT molecular complexity index is 615. The number of amides is 1. The molecule has 0 atom stereocenters. The molecule has 0 saturated heterocycles. The third-order valence-corrected chi connectivity index (χ3v) is 2.59. The first kappa shape index (κ1) is 15.6. The third kappa shape index (κ3) is 4.68. The van der Waals surface area contributed by atoms with Crippen LogP contribution >= 0.6 is 0 Å². The van der Waals surface area contributed by atoms with E-state index in [0.29, 0.717) is 0 Å². The highest BCUT2D eigenvalue weighted by atomic mass is 32.2. The molecule has 0 spiro atoms. The van der Waals surface area contributed by atoms with Gasteiger partial charge in [-0.1, -0.05) is 0 Å². The highest BCUT2D eigenvalue weighted by Crippen LogP contribution is 2.09. The Labute approximate surface area is 114 Å². The lowest BCUT2D eigenvalue weighted by molar-refractivity contribution is 0.0691. The highest BCUT2D eigenvalue weighted by Gasteiger charge is 2.21. The van der Waals surface area contributed by atoms with E-state index in [1.54, 1.807) is 9.44 Å². The zero-order valence-electron chi connectivity index (χ0n) is 10.5. The molecule has 0 radical (unpaired) electrons. The predicted octanol–water partition coefficient (Wildman–Crippen LogP) is -0.0339. The molecule has 1 aromatic heterocycles. The number of carbonyl (C=O) groups is 2. The van der Waals surface area contributed by atoms with Gasteiger partial charge in [-0.2, -0.15) is 8.42 Å². The molecule has 0 aliphatic carbocycles. The minimum absolute atomic E-state index is 0.517. The van der Waals surface area contributed by atoms with Crippen LogP contribution in [0.25, 0.3) is 0 Å². The first-order valence-electron chi connectivity index (χ1n) is 5.26. The minimum Gasteiger partial charge on any atom is -0.476 e. The second-order valence-electron chi connectivity index (χ2n) is 3.72. The predicted molar refractivity (Wildman–Crippen MR) is 66.3 cm³/mol. The van der Waals surface area contributed by atoms with Crippen molar-refractivity contribution in [2.24, 2.45) is 0 Å². The average molecular weight is 304 g/mol. The van der Waals surface area contributed by atoms with Crippen molar-refractivity contribution in [3.63, 3.8) is 0 Å². The first-order valence-corrected chi connectivity index (χ1v) is 6.75. The van der Waals surface area contributed by atoms with Crippen LogP contribution in [-0.2, 0) is 14.9 Å². The number of rotatable bonds is 5. The topological polar surface area (TPSA) is 148 Å². The van der Waals surface area contributed by atoms with Gasteiger partial charge in [0.05, 0.1) is 6.10 Å². The van der Waals surface area contributed by atoms with Crippen molar-refractivity contribution < 1.29 is 27.9 Å². The highest BCUT2D eigenvalue weighted by molar-refractivity contribution is 7.91. The number of hydrogen-bond acceptors (Lipinski definition) is 7. The number of carbonyl (C=O) groups excluding carboxylic acids is 1. The first-order chi connectivity index (χ1) is 9.21. The third-order valence-electron chi connectivity index (χ3n) is 1.69. The fourth-order valence-electron chi connectivity index (χ4n) is 1.07. The van der Waals surface area contributed by atoms with Crippen molar-refractivity contribution in [1.29, 1.82) is 0 Å². The van der Waals surface area contributed by atoms with Crippen LogP contribution in [0.1, 0.15) is 24.3 Å². The summed E-state index contributed by atoms with van der Waals surface area (Å²) >= 11 is 0. The van der Waals surface area contributed by atoms with Crippen molar-refractivity contribution in [3.05, 3.63) is 18.1 Å². The lowest BCUT2D eigenvalue weighted by Crippen LogP contribution is -2.37. The van der Waals surface area contributed by atoms with Gasteiger partial charge in [0.15, 0.2) is 11.5 Å². The molecule has 11 heteroatoms. The lowest BCUT2D eigenvalue weighted by atomic mass is 10.4. The summed E-state index contributed by atoms with van der Waals surface area (Å²) in [6.45, 7) is 3.07. The average Bonchev–Trinajstić information content (AvgIpc) is 2.26. The molecule has 1 amide bonds. The van der Waals surface area contributed by atoms with Gasteiger partial charge in [0.2, 0.25) is 0 Å². The van der Waals surface area contributed by atoms with Gasteiger partial charge in [-0.25, -0.2) is 29.0 Å². The van der Waals surface area contributed by atoms with E-state index >= 15 is 0 Å². The maximum absolute atomic E-state index is 11.6. The zero-order valence-corrected chi connectivity index (χ0v) is 11.3. The zero-order chi connectivity index (χ0) is 15.3. The number of carboxylic acid groups (broad SMARTS) is 1. The molecule has 0 aliphatic heterocycles. The van der Waals surface area contributed by atoms with Crippen LogP contribution in [0.15, 0.2) is 12.4 Å². The van der Waals surface area contributed by atoms with E-state index in [1.165, 1.54) is 13.8 Å². The molecule has 0 aliphatic rings. The van der Waals surface area contributed by atoms with Crippen molar-refractivity contribution >= 4 is 28.1 Å². The van der Waals surface area contributed by atoms with Gasteiger partial charge in [0.1, 0.15) is 0 Å². The summed E-state index contributed by atoms with van der Waals surface area (Å²) in [6, 6.07) is 0. The lowest BCUT2D eigenvalue weighted by Gasteiger charge is -2.11. The minimum atomic E-state index is -4.38. The van der Waals surface area contributed by atoms with Gasteiger partial charge in [-0.15, -0.1) is 0 Å². The van der Waals surface area contributed by atoms with Crippen LogP contribution < -0.4 is 9.44 Å². The Morgan fingerprint density at radius 3 is 2.45 bits per heavy atom. The van der Waals surface area contributed by atoms with E-state index < -0.39 is 39.9 Å². The quantitative estimate of drug-likeness (QED) is 0.686. The normalized spacial score (nSPS) is 10.9. The standard InChI is InChI=1S/C9H12N4O6S/c1-5(2)19-9(16)13-20(17,18)12-7-6(8(14)15)10-3-4-11-7/h3-5H,1-2H3,(H,11,12)(H,13,16)(H,14,15). The Morgan fingerprint density at radius 1 is 1.30 bits per heavy atom. The van der Waals surface area contributed by atoms with E-state index in [9.17, 15) is 18.0 Å². The molecule has 0 bridgehead atoms. The fraction of sp³-hybridized carbons (Fsp3) is 0.333. The summed E-state index contributed by atoms with van der Waals surface area (Å²) in [6.07, 6.45) is 0.461. The summed E-state index contributed by atoms with van der Waals surface area (Å²) in [5.74, 6) is -1.99. The van der Waals surface area contributed by atoms with Crippen molar-refractivity contribution in [3.8, 4) is 0 Å². The SMILES string of the molecule is CC(C)OC(=O)NS(=O)(=O)Nc1nccnc1C(=O)O. The van der Waals surface area contributed by atoms with Crippen molar-refractivity contribution in [1.82, 2.24) is 14.7 Å². The molecule has 0 unspecified atom stereocenters. The Kier molecular flexibility index (Phi) is 4.80. The molecule has 0 saturated carbocycles. The smallest absolute Gasteiger partial charge is 0.422 e. The number of carboxylic acids is 1. The molecular weight excluding hydrogens is 292 g/mol. The summed E-state index contributed by atoms with van der Waals surface area (Å²) in [4.78, 5) is 29.0. The number of aromatic nitrogens is 2. The van der Waals surface area contributed by atoms with Crippen LogP contribution in [0.4, 0.5) is 10.6 Å². The monoisotopic (exact) mass is 304 g/mol. The molecule has 0 aromatic carbocycles. The maximum Gasteiger partial charge on any atom is 0.422 e. The Hall–Kier alpha value is -2.43. The largest absolute Gasteiger partial charge is 0.476 e. The van der Waals surface area contributed by atoms with E-state index in [-0.39, 0.29) is 0 Å². The molecule has 1 aromatic rings. The van der Waals surface area contributed by atoms with E-state index in [0.717, 1.165) is 12.4 Å². The number of aromatic carboxylic acids is 1. The van der Waals surface area contributed by atoms with Gasteiger partial charge in [-0.05, 0) is 13.8 Å². The summed E-state index contributed by atoms with van der Waals surface area (Å²) < 4.78 is 31.1. The van der Waals surface area contributed by atoms with Crippen molar-refractivity contribution in [2.45, 2.75) is 20.0 Å². The summed E-state index contributed by atoms with van der Waals surface area (Å²) in [5, 5.41) is 8.81. The molecule has 20 heavy (non-hydrogen) atoms. The summed E-state index contributed by atoms with van der Waals surface area (Å²) in [7, 11) is -4.38. The summed E-state index contributed by atoms with van der Waals surface area (Å²) in [5.41, 5.74) is -0.602. The van der Waals surface area contributed by atoms with Crippen LogP contribution in [0.5, 0.6) is 0 Å². The molecule has 1 rings (SSSR count). The number of nitrogens with zero attached hydrogens (tertiary/aromatic N) is 2. The van der Waals surface area contributed by atoms with Crippen molar-refractivity contribution in [2.75, 3.05) is 4.72 Å². The Morgan fingerprint density at radius 2 is 1.90 bits per heavy atom. The van der Waals surface area contributed by atoms with Gasteiger partial charge in [0, 0.05) is 12.4 Å².